The standard InChI is InChI=1S/C17H24N4O/c1-5-20(4)11-10-18-17(22)15-6-8-16(9-7-15)21-14(3)12-13(2)19-21/h6-9,12H,5,10-11H2,1-4H3,(H,18,22). The number of benzene rings is 1. The number of amides is 1. The van der Waals surface area contributed by atoms with Crippen LogP contribution in [-0.4, -0.2) is 47.3 Å². The highest BCUT2D eigenvalue weighted by molar-refractivity contribution is 5.94. The van der Waals surface area contributed by atoms with Crippen molar-refractivity contribution in [2.75, 3.05) is 26.7 Å². The van der Waals surface area contributed by atoms with Crippen molar-refractivity contribution in [1.82, 2.24) is 20.0 Å². The minimum atomic E-state index is -0.0376. The molecule has 2 rings (SSSR count). The molecular formula is C17H24N4O. The molecule has 0 saturated carbocycles. The van der Waals surface area contributed by atoms with Crippen LogP contribution in [0.1, 0.15) is 28.7 Å². The summed E-state index contributed by atoms with van der Waals surface area (Å²) in [6.07, 6.45) is 0. The molecule has 5 nitrogen and oxygen atoms in total. The van der Waals surface area contributed by atoms with E-state index in [1.54, 1.807) is 0 Å². The Kier molecular flexibility index (Phi) is 5.33. The Hall–Kier alpha value is -2.14. The van der Waals surface area contributed by atoms with Gasteiger partial charge in [-0.3, -0.25) is 4.79 Å². The van der Waals surface area contributed by atoms with Crippen LogP contribution in [0.5, 0.6) is 0 Å². The van der Waals surface area contributed by atoms with Gasteiger partial charge in [-0.05, 0) is 57.8 Å². The van der Waals surface area contributed by atoms with Gasteiger partial charge >= 0.3 is 0 Å². The third-order valence-corrected chi connectivity index (χ3v) is 3.70. The molecule has 5 heteroatoms. The van der Waals surface area contributed by atoms with E-state index in [0.717, 1.165) is 30.2 Å². The number of aryl methyl sites for hydroxylation is 2. The van der Waals surface area contributed by atoms with E-state index in [9.17, 15) is 4.79 Å². The molecule has 1 N–H and O–H groups in total. The van der Waals surface area contributed by atoms with Crippen molar-refractivity contribution in [3.05, 3.63) is 47.3 Å². The molecular weight excluding hydrogens is 276 g/mol. The first-order chi connectivity index (χ1) is 10.5. The van der Waals surface area contributed by atoms with Crippen molar-refractivity contribution in [2.45, 2.75) is 20.8 Å². The van der Waals surface area contributed by atoms with Crippen molar-refractivity contribution >= 4 is 5.91 Å². The Morgan fingerprint density at radius 1 is 1.27 bits per heavy atom. The molecule has 0 aliphatic carbocycles. The average Bonchev–Trinajstić information content (AvgIpc) is 2.85. The highest BCUT2D eigenvalue weighted by atomic mass is 16.1. The van der Waals surface area contributed by atoms with E-state index in [1.807, 2.05) is 55.9 Å². The Labute approximate surface area is 131 Å². The van der Waals surface area contributed by atoms with E-state index in [1.165, 1.54) is 0 Å². The van der Waals surface area contributed by atoms with Gasteiger partial charge in [0.15, 0.2) is 0 Å². The number of hydrogen-bond acceptors (Lipinski definition) is 3. The van der Waals surface area contributed by atoms with Crippen molar-refractivity contribution < 1.29 is 4.79 Å². The second kappa shape index (κ2) is 7.22. The summed E-state index contributed by atoms with van der Waals surface area (Å²) in [5.41, 5.74) is 3.70. The fourth-order valence-corrected chi connectivity index (χ4v) is 2.26. The van der Waals surface area contributed by atoms with Crippen molar-refractivity contribution in [3.8, 4) is 5.69 Å². The van der Waals surface area contributed by atoms with E-state index in [2.05, 4.69) is 22.2 Å². The molecule has 0 fully saturated rings. The Morgan fingerprint density at radius 3 is 2.50 bits per heavy atom. The summed E-state index contributed by atoms with van der Waals surface area (Å²) in [6, 6.07) is 9.55. The summed E-state index contributed by atoms with van der Waals surface area (Å²) in [5.74, 6) is -0.0376. The van der Waals surface area contributed by atoms with E-state index in [-0.39, 0.29) is 5.91 Å². The maximum Gasteiger partial charge on any atom is 0.251 e. The Bertz CT molecular complexity index is 631. The lowest BCUT2D eigenvalue weighted by Crippen LogP contribution is -2.32. The third-order valence-electron chi connectivity index (χ3n) is 3.70. The topological polar surface area (TPSA) is 50.2 Å². The maximum absolute atomic E-state index is 12.1. The highest BCUT2D eigenvalue weighted by Gasteiger charge is 2.07. The van der Waals surface area contributed by atoms with Crippen LogP contribution in [0.15, 0.2) is 30.3 Å². The predicted octanol–water partition coefficient (Wildman–Crippen LogP) is 2.17. The summed E-state index contributed by atoms with van der Waals surface area (Å²) in [7, 11) is 2.04. The number of likely N-dealkylation sites (N-methyl/N-ethyl adjacent to an activating group) is 1. The van der Waals surface area contributed by atoms with Crippen LogP contribution in [0.25, 0.3) is 5.69 Å². The molecule has 0 spiro atoms. The zero-order valence-corrected chi connectivity index (χ0v) is 13.8. The van der Waals surface area contributed by atoms with Crippen LogP contribution >= 0.6 is 0 Å². The Balaban J connectivity index is 1.99. The van der Waals surface area contributed by atoms with Gasteiger partial charge in [-0.25, -0.2) is 4.68 Å². The SMILES string of the molecule is CCN(C)CCNC(=O)c1ccc(-n2nc(C)cc2C)cc1. The lowest BCUT2D eigenvalue weighted by Gasteiger charge is -2.14. The number of nitrogens with zero attached hydrogens (tertiary/aromatic N) is 3. The molecule has 0 aliphatic rings. The van der Waals surface area contributed by atoms with Crippen molar-refractivity contribution in [1.29, 1.82) is 0 Å². The third kappa shape index (κ3) is 3.95. The number of aromatic nitrogens is 2. The Morgan fingerprint density at radius 2 is 1.95 bits per heavy atom. The number of carbonyl (C=O) groups excluding carboxylic acids is 1. The van der Waals surface area contributed by atoms with E-state index in [4.69, 9.17) is 0 Å². The smallest absolute Gasteiger partial charge is 0.251 e. The maximum atomic E-state index is 12.1. The molecule has 2 aromatic rings. The van der Waals surface area contributed by atoms with Gasteiger partial charge in [0.05, 0.1) is 11.4 Å². The lowest BCUT2D eigenvalue weighted by molar-refractivity contribution is 0.0950. The molecule has 0 aliphatic heterocycles. The van der Waals surface area contributed by atoms with Crippen molar-refractivity contribution in [2.24, 2.45) is 0 Å². The molecule has 1 aromatic carbocycles. The number of hydrogen-bond donors (Lipinski definition) is 1. The van der Waals surface area contributed by atoms with Crippen LogP contribution in [0, 0.1) is 13.8 Å². The van der Waals surface area contributed by atoms with Crippen LogP contribution in [-0.2, 0) is 0 Å². The minimum Gasteiger partial charge on any atom is -0.351 e. The quantitative estimate of drug-likeness (QED) is 0.889. The van der Waals surface area contributed by atoms with Gasteiger partial charge in [-0.15, -0.1) is 0 Å². The molecule has 0 radical (unpaired) electrons. The van der Waals surface area contributed by atoms with Gasteiger partial charge in [-0.1, -0.05) is 6.92 Å². The fourth-order valence-electron chi connectivity index (χ4n) is 2.26. The lowest BCUT2D eigenvalue weighted by atomic mass is 10.2. The molecule has 118 valence electrons. The largest absolute Gasteiger partial charge is 0.351 e. The molecule has 1 amide bonds. The molecule has 0 unspecified atom stereocenters. The van der Waals surface area contributed by atoms with Crippen molar-refractivity contribution in [3.63, 3.8) is 0 Å². The normalized spacial score (nSPS) is 11.0. The summed E-state index contributed by atoms with van der Waals surface area (Å²) in [6.45, 7) is 8.57. The molecule has 22 heavy (non-hydrogen) atoms. The summed E-state index contributed by atoms with van der Waals surface area (Å²) < 4.78 is 1.88. The molecule has 0 saturated heterocycles. The molecule has 1 aromatic heterocycles. The van der Waals surface area contributed by atoms with Crippen LogP contribution in [0.3, 0.4) is 0 Å². The average molecular weight is 300 g/mol. The molecule has 0 bridgehead atoms. The first-order valence-corrected chi connectivity index (χ1v) is 7.61. The van der Waals surface area contributed by atoms with E-state index in [0.29, 0.717) is 12.1 Å². The number of rotatable bonds is 6. The summed E-state index contributed by atoms with van der Waals surface area (Å²) in [5, 5.41) is 7.38. The monoisotopic (exact) mass is 300 g/mol. The van der Waals surface area contributed by atoms with Gasteiger partial charge in [0.25, 0.3) is 5.91 Å². The van der Waals surface area contributed by atoms with Gasteiger partial charge < -0.3 is 10.2 Å². The van der Waals surface area contributed by atoms with Gasteiger partial charge in [0.1, 0.15) is 0 Å². The molecule has 0 atom stereocenters. The van der Waals surface area contributed by atoms with E-state index < -0.39 is 0 Å². The van der Waals surface area contributed by atoms with E-state index >= 15 is 0 Å². The second-order valence-electron chi connectivity index (χ2n) is 5.54. The first kappa shape index (κ1) is 16.2. The number of nitrogens with one attached hydrogen (secondary N) is 1. The summed E-state index contributed by atoms with van der Waals surface area (Å²) in [4.78, 5) is 14.2. The summed E-state index contributed by atoms with van der Waals surface area (Å²) >= 11 is 0. The minimum absolute atomic E-state index is 0.0376. The predicted molar refractivity (Wildman–Crippen MR) is 88.5 cm³/mol. The first-order valence-electron chi connectivity index (χ1n) is 7.61. The zero-order chi connectivity index (χ0) is 16.1. The highest BCUT2D eigenvalue weighted by Crippen LogP contribution is 2.13. The van der Waals surface area contributed by atoms with Crippen LogP contribution in [0.4, 0.5) is 0 Å². The van der Waals surface area contributed by atoms with Gasteiger partial charge in [-0.2, -0.15) is 5.10 Å². The van der Waals surface area contributed by atoms with Crippen LogP contribution < -0.4 is 5.32 Å². The molecule has 1 heterocycles. The second-order valence-corrected chi connectivity index (χ2v) is 5.54. The number of carbonyl (C=O) groups is 1. The van der Waals surface area contributed by atoms with Crippen LogP contribution in [0.2, 0.25) is 0 Å². The zero-order valence-electron chi connectivity index (χ0n) is 13.8. The van der Waals surface area contributed by atoms with Gasteiger partial charge in [0.2, 0.25) is 0 Å². The fraction of sp³-hybridized carbons (Fsp3) is 0.412. The van der Waals surface area contributed by atoms with Gasteiger partial charge in [0, 0.05) is 24.3 Å².